The van der Waals surface area contributed by atoms with Crippen LogP contribution in [0.4, 0.5) is 4.39 Å². The quantitative estimate of drug-likeness (QED) is 0.816. The fourth-order valence-electron chi connectivity index (χ4n) is 1.40. The molecule has 0 fully saturated rings. The van der Waals surface area contributed by atoms with Crippen molar-refractivity contribution in [3.63, 3.8) is 0 Å². The van der Waals surface area contributed by atoms with Gasteiger partial charge in [-0.1, -0.05) is 17.3 Å². The number of rotatable bonds is 3. The van der Waals surface area contributed by atoms with Gasteiger partial charge in [-0.3, -0.25) is 0 Å². The molecule has 106 valence electrons. The number of benzene rings is 1. The van der Waals surface area contributed by atoms with E-state index in [1.54, 1.807) is 24.3 Å². The number of nitrogens with zero attached hydrogens (tertiary/aromatic N) is 2. The zero-order valence-corrected chi connectivity index (χ0v) is 12.3. The van der Waals surface area contributed by atoms with E-state index in [0.29, 0.717) is 17.0 Å². The molecule has 0 saturated heterocycles. The van der Waals surface area contributed by atoms with E-state index in [0.717, 1.165) is 0 Å². The molecule has 2 rings (SSSR count). The Kier molecular flexibility index (Phi) is 4.13. The molecule has 0 aliphatic rings. The van der Waals surface area contributed by atoms with Crippen molar-refractivity contribution in [2.24, 2.45) is 4.40 Å². The predicted molar refractivity (Wildman–Crippen MR) is 77.4 cm³/mol. The topological polar surface area (TPSA) is 55.5 Å². The van der Waals surface area contributed by atoms with Crippen LogP contribution in [0.5, 0.6) is 0 Å². The minimum Gasteiger partial charge on any atom is -0.356 e. The van der Waals surface area contributed by atoms with Crippen molar-refractivity contribution >= 4 is 17.2 Å². The van der Waals surface area contributed by atoms with Crippen molar-refractivity contribution < 1.29 is 13.1 Å². The summed E-state index contributed by atoms with van der Waals surface area (Å²) in [7, 11) is -1.36. The average molecular weight is 294 g/mol. The maximum Gasteiger partial charge on any atom is 0.170 e. The Morgan fingerprint density at radius 3 is 2.70 bits per heavy atom. The van der Waals surface area contributed by atoms with Crippen LogP contribution < -0.4 is 0 Å². The summed E-state index contributed by atoms with van der Waals surface area (Å²) in [5.74, 6) is -0.0727. The minimum absolute atomic E-state index is 0.311. The van der Waals surface area contributed by atoms with Gasteiger partial charge in [0.1, 0.15) is 22.5 Å². The number of hydrogen-bond donors (Lipinski definition) is 0. The van der Waals surface area contributed by atoms with Gasteiger partial charge in [0.2, 0.25) is 0 Å². The number of halogens is 1. The second kappa shape index (κ2) is 5.66. The molecule has 0 N–H and O–H groups in total. The van der Waals surface area contributed by atoms with Gasteiger partial charge < -0.3 is 4.52 Å². The molecule has 0 bridgehead atoms. The van der Waals surface area contributed by atoms with E-state index >= 15 is 0 Å². The van der Waals surface area contributed by atoms with Gasteiger partial charge in [0.25, 0.3) is 0 Å². The maximum atomic E-state index is 13.6. The molecule has 2 aromatic rings. The van der Waals surface area contributed by atoms with Crippen LogP contribution in [0.2, 0.25) is 0 Å². The highest BCUT2D eigenvalue weighted by Crippen LogP contribution is 2.22. The molecule has 0 aliphatic carbocycles. The van der Waals surface area contributed by atoms with Crippen LogP contribution in [-0.4, -0.2) is 20.3 Å². The first-order chi connectivity index (χ1) is 9.38. The van der Waals surface area contributed by atoms with Crippen molar-refractivity contribution in [2.75, 3.05) is 0 Å². The van der Waals surface area contributed by atoms with Gasteiger partial charge in [-0.25, -0.2) is 8.60 Å². The Bertz CT molecular complexity index is 659. The van der Waals surface area contributed by atoms with E-state index in [4.69, 9.17) is 4.52 Å². The molecule has 20 heavy (non-hydrogen) atoms. The van der Waals surface area contributed by atoms with Crippen LogP contribution in [0.25, 0.3) is 11.3 Å². The lowest BCUT2D eigenvalue weighted by molar-refractivity contribution is 0.429. The molecule has 0 amide bonds. The molecule has 0 unspecified atom stereocenters. The normalized spacial score (nSPS) is 13.8. The molecular formula is C14H15FN2O2S. The van der Waals surface area contributed by atoms with Crippen molar-refractivity contribution in [2.45, 2.75) is 25.5 Å². The van der Waals surface area contributed by atoms with Gasteiger partial charge in [-0.2, -0.15) is 4.40 Å². The molecule has 0 radical (unpaired) electrons. The second-order valence-corrected chi connectivity index (χ2v) is 7.13. The summed E-state index contributed by atoms with van der Waals surface area (Å²) in [6, 6.07) is 7.82. The molecular weight excluding hydrogens is 279 g/mol. The Labute approximate surface area is 119 Å². The van der Waals surface area contributed by atoms with E-state index in [2.05, 4.69) is 9.55 Å². The standard InChI is InChI=1S/C14H15FN2O2S/c1-14(2,3)20(18)16-9-10-8-13(19-17-10)11-6-4-5-7-12(11)15/h4-9H,1-3H3/b16-9+/t20-/m0/s1. The second-order valence-electron chi connectivity index (χ2n) is 5.19. The predicted octanol–water partition coefficient (Wildman–Crippen LogP) is 3.36. The van der Waals surface area contributed by atoms with Crippen LogP contribution in [-0.2, 0) is 11.0 Å². The van der Waals surface area contributed by atoms with Gasteiger partial charge in [-0.05, 0) is 32.9 Å². The lowest BCUT2D eigenvalue weighted by atomic mass is 10.1. The lowest BCUT2D eigenvalue weighted by Crippen LogP contribution is -2.19. The Balaban J connectivity index is 2.21. The first kappa shape index (κ1) is 14.6. The highest BCUT2D eigenvalue weighted by molar-refractivity contribution is 7.85. The van der Waals surface area contributed by atoms with Gasteiger partial charge in [-0.15, -0.1) is 0 Å². The van der Waals surface area contributed by atoms with Crippen molar-refractivity contribution in [3.8, 4) is 11.3 Å². The largest absolute Gasteiger partial charge is 0.356 e. The molecule has 1 aromatic carbocycles. The highest BCUT2D eigenvalue weighted by Gasteiger charge is 2.18. The van der Waals surface area contributed by atoms with Gasteiger partial charge in [0, 0.05) is 6.07 Å². The Morgan fingerprint density at radius 2 is 2.05 bits per heavy atom. The van der Waals surface area contributed by atoms with Gasteiger partial charge in [0.05, 0.1) is 16.5 Å². The van der Waals surface area contributed by atoms with E-state index < -0.39 is 15.7 Å². The van der Waals surface area contributed by atoms with Crippen LogP contribution in [0.1, 0.15) is 26.5 Å². The van der Waals surface area contributed by atoms with E-state index in [9.17, 15) is 8.60 Å². The Hall–Kier alpha value is -1.82. The fraction of sp³-hybridized carbons (Fsp3) is 0.286. The van der Waals surface area contributed by atoms with E-state index in [1.807, 2.05) is 20.8 Å². The average Bonchev–Trinajstić information content (AvgIpc) is 2.84. The number of hydrogen-bond acceptors (Lipinski definition) is 3. The number of aromatic nitrogens is 1. The van der Waals surface area contributed by atoms with Crippen molar-refractivity contribution in [3.05, 3.63) is 41.8 Å². The third-order valence-electron chi connectivity index (χ3n) is 2.47. The SMILES string of the molecule is CC(C)(C)[S@](=O)/N=C/c1cc(-c2ccccc2F)on1. The van der Waals surface area contributed by atoms with Gasteiger partial charge in [0.15, 0.2) is 5.76 Å². The minimum atomic E-state index is -1.36. The summed E-state index contributed by atoms with van der Waals surface area (Å²) >= 11 is 0. The lowest BCUT2D eigenvalue weighted by Gasteiger charge is -2.12. The monoisotopic (exact) mass is 294 g/mol. The third kappa shape index (κ3) is 3.39. The van der Waals surface area contributed by atoms with E-state index in [1.165, 1.54) is 12.3 Å². The molecule has 1 aromatic heterocycles. The molecule has 0 aliphatic heterocycles. The van der Waals surface area contributed by atoms with Crippen molar-refractivity contribution in [1.29, 1.82) is 0 Å². The first-order valence-electron chi connectivity index (χ1n) is 6.05. The molecule has 0 spiro atoms. The van der Waals surface area contributed by atoms with Gasteiger partial charge >= 0.3 is 0 Å². The third-order valence-corrected chi connectivity index (χ3v) is 3.82. The van der Waals surface area contributed by atoms with Crippen LogP contribution >= 0.6 is 0 Å². The Morgan fingerprint density at radius 1 is 1.35 bits per heavy atom. The molecule has 0 saturated carbocycles. The van der Waals surface area contributed by atoms with E-state index in [-0.39, 0.29) is 5.82 Å². The van der Waals surface area contributed by atoms with Crippen LogP contribution in [0.3, 0.4) is 0 Å². The highest BCUT2D eigenvalue weighted by atomic mass is 32.2. The fourth-order valence-corrected chi connectivity index (χ4v) is 1.92. The molecule has 4 nitrogen and oxygen atoms in total. The molecule has 1 heterocycles. The molecule has 1 atom stereocenters. The van der Waals surface area contributed by atoms with Crippen molar-refractivity contribution in [1.82, 2.24) is 5.16 Å². The molecule has 6 heteroatoms. The summed E-state index contributed by atoms with van der Waals surface area (Å²) in [4.78, 5) is 0. The summed E-state index contributed by atoms with van der Waals surface area (Å²) in [6.45, 7) is 5.48. The van der Waals surface area contributed by atoms with Crippen LogP contribution in [0.15, 0.2) is 39.3 Å². The van der Waals surface area contributed by atoms with Crippen LogP contribution in [0, 0.1) is 5.82 Å². The smallest absolute Gasteiger partial charge is 0.170 e. The summed E-state index contributed by atoms with van der Waals surface area (Å²) in [5.41, 5.74) is 0.734. The summed E-state index contributed by atoms with van der Waals surface area (Å²) in [6.07, 6.45) is 1.37. The first-order valence-corrected chi connectivity index (χ1v) is 7.16. The maximum absolute atomic E-state index is 13.6. The summed E-state index contributed by atoms with van der Waals surface area (Å²) < 4.78 is 33.9. The zero-order valence-electron chi connectivity index (χ0n) is 11.5. The zero-order chi connectivity index (χ0) is 14.8. The summed E-state index contributed by atoms with van der Waals surface area (Å²) in [5, 5.41) is 3.76.